The lowest BCUT2D eigenvalue weighted by atomic mass is 9.88. The summed E-state index contributed by atoms with van der Waals surface area (Å²) in [4.78, 5) is 2.27. The fourth-order valence-electron chi connectivity index (χ4n) is 5.24. The lowest BCUT2D eigenvalue weighted by Gasteiger charge is -2.18. The fraction of sp³-hybridized carbons (Fsp3) is 0.571. The van der Waals surface area contributed by atoms with Crippen LogP contribution in [0.1, 0.15) is 62.5 Å². The normalized spacial score (nSPS) is 27.3. The van der Waals surface area contributed by atoms with Crippen LogP contribution in [0.3, 0.4) is 0 Å². The van der Waals surface area contributed by atoms with Gasteiger partial charge in [-0.15, -0.1) is 0 Å². The SMILES string of the molecule is Cc1cccc(C(C)C=CC=C[C@@H]2[C@H]3CC(CCCCCN(C)C)=C[C@H]3C[C@H]2O)c1. The average molecular weight is 408 g/mol. The minimum Gasteiger partial charge on any atom is -0.392 e. The predicted octanol–water partition coefficient (Wildman–Crippen LogP) is 6.28. The number of hydrogen-bond donors (Lipinski definition) is 1. The van der Waals surface area contributed by atoms with E-state index in [0.717, 1.165) is 6.42 Å². The molecule has 0 saturated heterocycles. The van der Waals surface area contributed by atoms with E-state index in [1.54, 1.807) is 5.57 Å². The molecular weight excluding hydrogens is 366 g/mol. The van der Waals surface area contributed by atoms with Crippen LogP contribution >= 0.6 is 0 Å². The van der Waals surface area contributed by atoms with Crippen molar-refractivity contribution >= 4 is 0 Å². The van der Waals surface area contributed by atoms with Gasteiger partial charge in [-0.3, -0.25) is 0 Å². The molecule has 1 aromatic carbocycles. The lowest BCUT2D eigenvalue weighted by Crippen LogP contribution is -2.16. The molecule has 1 saturated carbocycles. The summed E-state index contributed by atoms with van der Waals surface area (Å²) in [7, 11) is 4.30. The minimum atomic E-state index is -0.184. The highest BCUT2D eigenvalue weighted by atomic mass is 16.3. The van der Waals surface area contributed by atoms with Crippen LogP contribution in [0, 0.1) is 24.7 Å². The van der Waals surface area contributed by atoms with Crippen LogP contribution < -0.4 is 0 Å². The van der Waals surface area contributed by atoms with Crippen molar-refractivity contribution in [2.45, 2.75) is 64.4 Å². The Kier molecular flexibility index (Phi) is 8.53. The molecule has 5 atom stereocenters. The monoisotopic (exact) mass is 407 g/mol. The Hall–Kier alpha value is -1.64. The summed E-state index contributed by atoms with van der Waals surface area (Å²) < 4.78 is 0. The van der Waals surface area contributed by atoms with Gasteiger partial charge in [0.05, 0.1) is 6.10 Å². The second-order valence-electron chi connectivity index (χ2n) is 9.82. The van der Waals surface area contributed by atoms with Crippen molar-refractivity contribution in [3.05, 3.63) is 71.3 Å². The first-order valence-corrected chi connectivity index (χ1v) is 11.9. The molecular formula is C28H41NO. The van der Waals surface area contributed by atoms with Crippen molar-refractivity contribution in [1.29, 1.82) is 0 Å². The molecule has 0 heterocycles. The van der Waals surface area contributed by atoms with Crippen molar-refractivity contribution in [2.75, 3.05) is 20.6 Å². The Morgan fingerprint density at radius 3 is 2.77 bits per heavy atom. The van der Waals surface area contributed by atoms with Gasteiger partial charge in [-0.05, 0) is 83.0 Å². The van der Waals surface area contributed by atoms with Crippen molar-refractivity contribution in [1.82, 2.24) is 4.90 Å². The van der Waals surface area contributed by atoms with Crippen LogP contribution in [-0.4, -0.2) is 36.8 Å². The summed E-state index contributed by atoms with van der Waals surface area (Å²) in [5.41, 5.74) is 4.31. The summed E-state index contributed by atoms with van der Waals surface area (Å²) >= 11 is 0. The Labute approximate surface area is 184 Å². The Bertz CT molecular complexity index is 760. The third-order valence-electron chi connectivity index (χ3n) is 6.97. The topological polar surface area (TPSA) is 23.5 Å². The molecule has 0 bridgehead atoms. The van der Waals surface area contributed by atoms with Crippen LogP contribution in [0.4, 0.5) is 0 Å². The number of nitrogens with zero attached hydrogens (tertiary/aromatic N) is 1. The summed E-state index contributed by atoms with van der Waals surface area (Å²) in [5.74, 6) is 1.90. The first-order chi connectivity index (χ1) is 14.4. The highest BCUT2D eigenvalue weighted by molar-refractivity contribution is 5.29. The van der Waals surface area contributed by atoms with Crippen molar-refractivity contribution in [3.63, 3.8) is 0 Å². The molecule has 164 valence electrons. The third kappa shape index (κ3) is 6.43. The van der Waals surface area contributed by atoms with Gasteiger partial charge in [-0.25, -0.2) is 0 Å². The second kappa shape index (κ2) is 11.1. The van der Waals surface area contributed by atoms with E-state index in [0.29, 0.717) is 23.7 Å². The lowest BCUT2D eigenvalue weighted by molar-refractivity contribution is 0.141. The number of hydrogen-bond acceptors (Lipinski definition) is 2. The molecule has 1 unspecified atom stereocenters. The third-order valence-corrected chi connectivity index (χ3v) is 6.97. The maximum Gasteiger partial charge on any atom is 0.0611 e. The molecule has 0 spiro atoms. The fourth-order valence-corrected chi connectivity index (χ4v) is 5.24. The zero-order valence-electron chi connectivity index (χ0n) is 19.4. The van der Waals surface area contributed by atoms with Gasteiger partial charge in [0.2, 0.25) is 0 Å². The maximum absolute atomic E-state index is 10.6. The van der Waals surface area contributed by atoms with E-state index in [1.807, 2.05) is 0 Å². The second-order valence-corrected chi connectivity index (χ2v) is 9.82. The van der Waals surface area contributed by atoms with E-state index in [-0.39, 0.29) is 6.10 Å². The number of rotatable bonds is 10. The molecule has 1 N–H and O–H groups in total. The number of allylic oxidation sites excluding steroid dienone is 5. The summed E-state index contributed by atoms with van der Waals surface area (Å²) in [6.45, 7) is 5.58. The number of aliphatic hydroxyl groups is 1. The molecule has 3 rings (SSSR count). The number of aryl methyl sites for hydroxylation is 1. The Morgan fingerprint density at radius 1 is 1.17 bits per heavy atom. The van der Waals surface area contributed by atoms with Crippen LogP contribution in [0.15, 0.2) is 60.2 Å². The van der Waals surface area contributed by atoms with E-state index in [9.17, 15) is 5.11 Å². The van der Waals surface area contributed by atoms with Gasteiger partial charge in [0.1, 0.15) is 0 Å². The Morgan fingerprint density at radius 2 is 2.00 bits per heavy atom. The first-order valence-electron chi connectivity index (χ1n) is 11.9. The van der Waals surface area contributed by atoms with Gasteiger partial charge in [0.15, 0.2) is 0 Å². The number of aliphatic hydroxyl groups excluding tert-OH is 1. The standard InChI is InChI=1S/C28H41NO/c1-21-11-10-14-24(17-21)22(2)12-7-8-15-26-27-19-23(18-25(27)20-28(26)30)13-6-5-9-16-29(3)4/h7-8,10-12,14-15,17-18,22,25-28,30H,5-6,9,13,16,19-20H2,1-4H3/t22?,25-,26+,27-,28+/m0/s1. The van der Waals surface area contributed by atoms with Gasteiger partial charge in [0.25, 0.3) is 0 Å². The summed E-state index contributed by atoms with van der Waals surface area (Å²) in [6.07, 6.45) is 18.5. The van der Waals surface area contributed by atoms with E-state index in [2.05, 4.69) is 87.5 Å². The zero-order valence-corrected chi connectivity index (χ0v) is 19.4. The van der Waals surface area contributed by atoms with E-state index < -0.39 is 0 Å². The molecule has 0 aliphatic heterocycles. The molecule has 0 amide bonds. The van der Waals surface area contributed by atoms with Gasteiger partial charge >= 0.3 is 0 Å². The number of unbranched alkanes of at least 4 members (excludes halogenated alkanes) is 2. The van der Waals surface area contributed by atoms with Gasteiger partial charge in [-0.2, -0.15) is 0 Å². The molecule has 30 heavy (non-hydrogen) atoms. The highest BCUT2D eigenvalue weighted by Gasteiger charge is 2.42. The van der Waals surface area contributed by atoms with Crippen molar-refractivity contribution in [2.24, 2.45) is 17.8 Å². The number of benzene rings is 1. The molecule has 2 nitrogen and oxygen atoms in total. The molecule has 2 aliphatic rings. The van der Waals surface area contributed by atoms with Crippen molar-refractivity contribution in [3.8, 4) is 0 Å². The maximum atomic E-state index is 10.6. The van der Waals surface area contributed by atoms with Crippen molar-refractivity contribution < 1.29 is 5.11 Å². The number of fused-ring (bicyclic) bond motifs is 1. The van der Waals surface area contributed by atoms with Crippen LogP contribution in [0.25, 0.3) is 0 Å². The smallest absolute Gasteiger partial charge is 0.0611 e. The highest BCUT2D eigenvalue weighted by Crippen LogP contribution is 2.48. The van der Waals surface area contributed by atoms with Gasteiger partial charge < -0.3 is 10.0 Å². The molecule has 2 heteroatoms. The molecule has 0 aromatic heterocycles. The van der Waals surface area contributed by atoms with E-state index in [1.165, 1.54) is 49.8 Å². The van der Waals surface area contributed by atoms with Crippen LogP contribution in [0.2, 0.25) is 0 Å². The zero-order chi connectivity index (χ0) is 21.5. The van der Waals surface area contributed by atoms with Crippen LogP contribution in [0.5, 0.6) is 0 Å². The predicted molar refractivity (Wildman–Crippen MR) is 129 cm³/mol. The van der Waals surface area contributed by atoms with Crippen LogP contribution in [-0.2, 0) is 0 Å². The molecule has 2 aliphatic carbocycles. The largest absolute Gasteiger partial charge is 0.392 e. The molecule has 1 aromatic rings. The van der Waals surface area contributed by atoms with E-state index in [4.69, 9.17) is 0 Å². The molecule has 0 radical (unpaired) electrons. The first kappa shape index (κ1) is 23.0. The Balaban J connectivity index is 1.47. The van der Waals surface area contributed by atoms with Gasteiger partial charge in [0, 0.05) is 5.92 Å². The average Bonchev–Trinajstić information content (AvgIpc) is 3.21. The quantitative estimate of drug-likeness (QED) is 0.280. The summed E-state index contributed by atoms with van der Waals surface area (Å²) in [6, 6.07) is 8.73. The minimum absolute atomic E-state index is 0.184. The van der Waals surface area contributed by atoms with E-state index >= 15 is 0 Å². The molecule has 1 fully saturated rings. The summed E-state index contributed by atoms with van der Waals surface area (Å²) in [5, 5.41) is 10.6. The van der Waals surface area contributed by atoms with Gasteiger partial charge in [-0.1, -0.05) is 79.1 Å².